The topological polar surface area (TPSA) is 68.3 Å². The van der Waals surface area contributed by atoms with E-state index in [-0.39, 0.29) is 29.8 Å². The second-order valence-corrected chi connectivity index (χ2v) is 6.65. The summed E-state index contributed by atoms with van der Waals surface area (Å²) >= 11 is 0. The first-order valence-electron chi connectivity index (χ1n) is 7.76. The Morgan fingerprint density at radius 3 is 2.57 bits per heavy atom. The summed E-state index contributed by atoms with van der Waals surface area (Å²) in [5.74, 6) is 0.245. The molecule has 1 unspecified atom stereocenters. The van der Waals surface area contributed by atoms with Crippen LogP contribution in [0.3, 0.4) is 0 Å². The second-order valence-electron chi connectivity index (χ2n) is 6.65. The maximum Gasteiger partial charge on any atom is 0.225 e. The molecule has 23 heavy (non-hydrogen) atoms. The zero-order valence-corrected chi connectivity index (χ0v) is 15.3. The Morgan fingerprint density at radius 1 is 1.35 bits per heavy atom. The number of amides is 1. The maximum atomic E-state index is 12.4. The van der Waals surface area contributed by atoms with Crippen molar-refractivity contribution < 1.29 is 9.21 Å². The minimum Gasteiger partial charge on any atom is -0.464 e. The number of benzene rings is 1. The smallest absolute Gasteiger partial charge is 0.225 e. The molecule has 5 heteroatoms. The van der Waals surface area contributed by atoms with Gasteiger partial charge in [-0.05, 0) is 37.8 Å². The minimum atomic E-state index is -0.386. The van der Waals surface area contributed by atoms with Gasteiger partial charge in [0.25, 0.3) is 0 Å². The number of furan rings is 1. The van der Waals surface area contributed by atoms with Gasteiger partial charge in [-0.2, -0.15) is 0 Å². The van der Waals surface area contributed by atoms with E-state index >= 15 is 0 Å². The molecule has 0 radical (unpaired) electrons. The Morgan fingerprint density at radius 2 is 2.00 bits per heavy atom. The van der Waals surface area contributed by atoms with E-state index in [0.717, 1.165) is 22.1 Å². The number of hydrogen-bond donors (Lipinski definition) is 2. The molecule has 0 aliphatic heterocycles. The van der Waals surface area contributed by atoms with E-state index in [1.165, 1.54) is 5.56 Å². The average molecular weight is 339 g/mol. The van der Waals surface area contributed by atoms with E-state index in [0.29, 0.717) is 13.0 Å². The number of halogens is 1. The molecule has 0 fully saturated rings. The molecule has 1 aromatic carbocycles. The van der Waals surface area contributed by atoms with Crippen molar-refractivity contribution >= 4 is 29.3 Å². The standard InChI is InChI=1S/C18H26N2O2.ClH/c1-11(2)18(5,10-19)20-16(21)8-14-9-22-17-13(4)12(3)6-7-15(14)17;/h6-7,9,11H,8,10,19H2,1-5H3,(H,20,21);1H. The molecule has 0 spiro atoms. The number of hydrogen-bond acceptors (Lipinski definition) is 3. The second kappa shape index (κ2) is 7.37. The summed E-state index contributed by atoms with van der Waals surface area (Å²) in [7, 11) is 0. The number of fused-ring (bicyclic) bond motifs is 1. The van der Waals surface area contributed by atoms with Gasteiger partial charge in [-0.1, -0.05) is 26.0 Å². The van der Waals surface area contributed by atoms with Crippen LogP contribution in [0.15, 0.2) is 22.8 Å². The highest BCUT2D eigenvalue weighted by molar-refractivity contribution is 5.89. The Bertz CT molecular complexity index is 694. The van der Waals surface area contributed by atoms with Crippen molar-refractivity contribution in [1.82, 2.24) is 5.32 Å². The molecule has 0 saturated carbocycles. The lowest BCUT2D eigenvalue weighted by Gasteiger charge is -2.33. The predicted molar refractivity (Wildman–Crippen MR) is 97.1 cm³/mol. The summed E-state index contributed by atoms with van der Waals surface area (Å²) in [5.41, 5.74) is 9.53. The molecule has 1 heterocycles. The lowest BCUT2D eigenvalue weighted by atomic mass is 9.88. The van der Waals surface area contributed by atoms with Crippen molar-refractivity contribution in [1.29, 1.82) is 0 Å². The molecular formula is C18H27ClN2O2. The Kier molecular flexibility index (Phi) is 6.25. The van der Waals surface area contributed by atoms with Gasteiger partial charge >= 0.3 is 0 Å². The van der Waals surface area contributed by atoms with E-state index in [4.69, 9.17) is 10.2 Å². The van der Waals surface area contributed by atoms with Crippen LogP contribution in [-0.2, 0) is 11.2 Å². The van der Waals surface area contributed by atoms with Crippen molar-refractivity contribution in [2.24, 2.45) is 11.7 Å². The van der Waals surface area contributed by atoms with Crippen LogP contribution in [0, 0.1) is 19.8 Å². The number of aryl methyl sites for hydroxylation is 2. The summed E-state index contributed by atoms with van der Waals surface area (Å²) in [6.07, 6.45) is 1.99. The van der Waals surface area contributed by atoms with Crippen molar-refractivity contribution in [2.75, 3.05) is 6.54 Å². The average Bonchev–Trinajstić information content (AvgIpc) is 2.86. The lowest BCUT2D eigenvalue weighted by Crippen LogP contribution is -2.55. The van der Waals surface area contributed by atoms with Gasteiger partial charge in [-0.15, -0.1) is 12.4 Å². The number of nitrogens with two attached hydrogens (primary N) is 1. The SMILES string of the molecule is Cc1ccc2c(CC(=O)NC(C)(CN)C(C)C)coc2c1C.Cl. The first-order valence-corrected chi connectivity index (χ1v) is 7.76. The third-order valence-corrected chi connectivity index (χ3v) is 4.82. The van der Waals surface area contributed by atoms with E-state index in [2.05, 4.69) is 32.2 Å². The van der Waals surface area contributed by atoms with E-state index in [1.807, 2.05) is 19.9 Å². The van der Waals surface area contributed by atoms with Crippen molar-refractivity contribution in [2.45, 2.75) is 46.6 Å². The molecule has 0 aliphatic carbocycles. The normalized spacial score (nSPS) is 13.7. The van der Waals surface area contributed by atoms with E-state index in [1.54, 1.807) is 6.26 Å². The van der Waals surface area contributed by atoms with Crippen molar-refractivity contribution in [3.05, 3.63) is 35.1 Å². The van der Waals surface area contributed by atoms with Crippen LogP contribution >= 0.6 is 12.4 Å². The molecule has 1 amide bonds. The highest BCUT2D eigenvalue weighted by Gasteiger charge is 2.28. The number of nitrogens with one attached hydrogen (secondary N) is 1. The van der Waals surface area contributed by atoms with Gasteiger partial charge in [-0.3, -0.25) is 4.79 Å². The van der Waals surface area contributed by atoms with Gasteiger partial charge in [0.05, 0.1) is 18.2 Å². The molecule has 1 atom stereocenters. The largest absolute Gasteiger partial charge is 0.464 e. The Balaban J connectivity index is 0.00000264. The molecule has 0 saturated heterocycles. The fraction of sp³-hybridized carbons (Fsp3) is 0.500. The van der Waals surface area contributed by atoms with E-state index in [9.17, 15) is 4.79 Å². The van der Waals surface area contributed by atoms with Crippen LogP contribution in [0.5, 0.6) is 0 Å². The highest BCUT2D eigenvalue weighted by Crippen LogP contribution is 2.27. The first-order chi connectivity index (χ1) is 10.3. The lowest BCUT2D eigenvalue weighted by molar-refractivity contribution is -0.122. The van der Waals surface area contributed by atoms with Gasteiger partial charge in [0.15, 0.2) is 0 Å². The summed E-state index contributed by atoms with van der Waals surface area (Å²) in [6, 6.07) is 4.08. The number of rotatable bonds is 5. The molecule has 2 aromatic rings. The fourth-order valence-electron chi connectivity index (χ4n) is 2.49. The van der Waals surface area contributed by atoms with Gasteiger partial charge in [0.1, 0.15) is 5.58 Å². The maximum absolute atomic E-state index is 12.4. The summed E-state index contributed by atoms with van der Waals surface area (Å²) in [6.45, 7) is 10.6. The van der Waals surface area contributed by atoms with Crippen molar-refractivity contribution in [3.63, 3.8) is 0 Å². The molecule has 128 valence electrons. The molecule has 0 bridgehead atoms. The molecule has 3 N–H and O–H groups in total. The van der Waals surface area contributed by atoms with Gasteiger partial charge in [0.2, 0.25) is 5.91 Å². The summed E-state index contributed by atoms with van der Waals surface area (Å²) < 4.78 is 5.66. The Labute approximate surface area is 144 Å². The van der Waals surface area contributed by atoms with Gasteiger partial charge in [-0.25, -0.2) is 0 Å². The first kappa shape index (κ1) is 19.5. The van der Waals surface area contributed by atoms with Crippen LogP contribution in [0.25, 0.3) is 11.0 Å². The van der Waals surface area contributed by atoms with Crippen LogP contribution in [0.1, 0.15) is 37.5 Å². The third kappa shape index (κ3) is 3.88. The van der Waals surface area contributed by atoms with Gasteiger partial charge in [0, 0.05) is 17.5 Å². The minimum absolute atomic E-state index is 0. The number of carbonyl (C=O) groups is 1. The summed E-state index contributed by atoms with van der Waals surface area (Å²) in [5, 5.41) is 4.08. The third-order valence-electron chi connectivity index (χ3n) is 4.82. The molecule has 4 nitrogen and oxygen atoms in total. The molecule has 0 aliphatic rings. The zero-order chi connectivity index (χ0) is 16.5. The molecular weight excluding hydrogens is 312 g/mol. The monoisotopic (exact) mass is 338 g/mol. The Hall–Kier alpha value is -1.52. The zero-order valence-electron chi connectivity index (χ0n) is 14.5. The van der Waals surface area contributed by atoms with Gasteiger partial charge < -0.3 is 15.5 Å². The molecule has 2 rings (SSSR count). The quantitative estimate of drug-likeness (QED) is 0.876. The van der Waals surface area contributed by atoms with Crippen LogP contribution in [0.2, 0.25) is 0 Å². The van der Waals surface area contributed by atoms with Crippen LogP contribution in [-0.4, -0.2) is 18.0 Å². The van der Waals surface area contributed by atoms with E-state index < -0.39 is 0 Å². The summed E-state index contributed by atoms with van der Waals surface area (Å²) in [4.78, 5) is 12.4. The van der Waals surface area contributed by atoms with Crippen molar-refractivity contribution in [3.8, 4) is 0 Å². The predicted octanol–water partition coefficient (Wildman–Crippen LogP) is 3.50. The molecule has 1 aromatic heterocycles. The number of carbonyl (C=O) groups excluding carboxylic acids is 1. The highest BCUT2D eigenvalue weighted by atomic mass is 35.5. The van der Waals surface area contributed by atoms with Crippen LogP contribution < -0.4 is 11.1 Å². The fourth-order valence-corrected chi connectivity index (χ4v) is 2.49. The van der Waals surface area contributed by atoms with Crippen LogP contribution in [0.4, 0.5) is 0 Å².